The maximum Gasteiger partial charge on any atom is 0.151 e. The van der Waals surface area contributed by atoms with Crippen LogP contribution in [0.3, 0.4) is 0 Å². The van der Waals surface area contributed by atoms with Crippen molar-refractivity contribution < 1.29 is 10.2 Å². The second-order valence-corrected chi connectivity index (χ2v) is 3.38. The Morgan fingerprint density at radius 3 is 2.79 bits per heavy atom. The highest BCUT2D eigenvalue weighted by molar-refractivity contribution is 5.82. The molecule has 14 heavy (non-hydrogen) atoms. The fourth-order valence-corrected chi connectivity index (χ4v) is 1.62. The molecule has 74 valence electrons. The van der Waals surface area contributed by atoms with E-state index >= 15 is 0 Å². The van der Waals surface area contributed by atoms with E-state index in [2.05, 4.69) is 4.98 Å². The van der Waals surface area contributed by atoms with Crippen LogP contribution in [0.5, 0.6) is 0 Å². The van der Waals surface area contributed by atoms with Gasteiger partial charge in [-0.2, -0.15) is 0 Å². The zero-order valence-electron chi connectivity index (χ0n) is 7.77. The molecule has 3 heteroatoms. The van der Waals surface area contributed by atoms with E-state index in [9.17, 15) is 0 Å². The van der Waals surface area contributed by atoms with Gasteiger partial charge in [0.1, 0.15) is 0 Å². The van der Waals surface area contributed by atoms with Crippen LogP contribution in [0, 0.1) is 0 Å². The molecule has 1 aromatic heterocycles. The Labute approximate surface area is 82.0 Å². The molecule has 3 N–H and O–H groups in total. The van der Waals surface area contributed by atoms with E-state index in [-0.39, 0.29) is 0 Å². The maximum atomic E-state index is 8.77. The molecule has 2 aromatic rings. The predicted octanol–water partition coefficient (Wildman–Crippen LogP) is 1.41. The summed E-state index contributed by atoms with van der Waals surface area (Å²) in [6, 6.07) is 8.00. The van der Waals surface area contributed by atoms with Gasteiger partial charge in [0, 0.05) is 23.5 Å². The first-order chi connectivity index (χ1) is 6.77. The number of H-pyrrole nitrogens is 1. The molecule has 0 saturated carbocycles. The lowest BCUT2D eigenvalue weighted by Crippen LogP contribution is -2.04. The molecule has 0 unspecified atom stereocenters. The fourth-order valence-electron chi connectivity index (χ4n) is 1.62. The molecule has 2 rings (SSSR count). The Bertz CT molecular complexity index is 420. The van der Waals surface area contributed by atoms with Gasteiger partial charge in [-0.3, -0.25) is 0 Å². The standard InChI is InChI=1S/C11H13NO2/c13-11(14)6-5-8-7-12-10-4-2-1-3-9(8)10/h1-4,7,11-14H,5-6H2. The lowest BCUT2D eigenvalue weighted by Gasteiger charge is -2.01. The van der Waals surface area contributed by atoms with Gasteiger partial charge in [0.05, 0.1) is 0 Å². The van der Waals surface area contributed by atoms with E-state index in [1.54, 1.807) is 0 Å². The van der Waals surface area contributed by atoms with Crippen LogP contribution >= 0.6 is 0 Å². The lowest BCUT2D eigenvalue weighted by molar-refractivity contribution is -0.0446. The van der Waals surface area contributed by atoms with E-state index < -0.39 is 6.29 Å². The molecule has 0 aliphatic rings. The van der Waals surface area contributed by atoms with Crippen molar-refractivity contribution in [1.82, 2.24) is 4.98 Å². The van der Waals surface area contributed by atoms with Crippen molar-refractivity contribution in [2.24, 2.45) is 0 Å². The number of hydrogen-bond acceptors (Lipinski definition) is 2. The number of aliphatic hydroxyl groups is 2. The molecule has 0 amide bonds. The summed E-state index contributed by atoms with van der Waals surface area (Å²) in [5.41, 5.74) is 2.23. The third-order valence-corrected chi connectivity index (χ3v) is 2.35. The van der Waals surface area contributed by atoms with Crippen LogP contribution in [0.2, 0.25) is 0 Å². The predicted molar refractivity (Wildman–Crippen MR) is 54.8 cm³/mol. The Morgan fingerprint density at radius 2 is 2.00 bits per heavy atom. The topological polar surface area (TPSA) is 56.2 Å². The second-order valence-electron chi connectivity index (χ2n) is 3.38. The first kappa shape index (κ1) is 9.24. The van der Waals surface area contributed by atoms with E-state index in [1.165, 1.54) is 0 Å². The van der Waals surface area contributed by atoms with Gasteiger partial charge in [0.25, 0.3) is 0 Å². The first-order valence-corrected chi connectivity index (χ1v) is 4.68. The van der Waals surface area contributed by atoms with Crippen LogP contribution in [0.1, 0.15) is 12.0 Å². The fraction of sp³-hybridized carbons (Fsp3) is 0.273. The molecular formula is C11H13NO2. The summed E-state index contributed by atoms with van der Waals surface area (Å²) in [4.78, 5) is 3.15. The van der Waals surface area contributed by atoms with Gasteiger partial charge in [0.2, 0.25) is 0 Å². The van der Waals surface area contributed by atoms with Crippen molar-refractivity contribution in [1.29, 1.82) is 0 Å². The summed E-state index contributed by atoms with van der Waals surface area (Å²) in [6.45, 7) is 0. The molecule has 0 aliphatic carbocycles. The Kier molecular flexibility index (Phi) is 2.52. The van der Waals surface area contributed by atoms with Gasteiger partial charge in [-0.05, 0) is 18.1 Å². The first-order valence-electron chi connectivity index (χ1n) is 4.68. The van der Waals surface area contributed by atoms with Gasteiger partial charge >= 0.3 is 0 Å². The largest absolute Gasteiger partial charge is 0.368 e. The van der Waals surface area contributed by atoms with Crippen molar-refractivity contribution in [3.05, 3.63) is 36.0 Å². The quantitative estimate of drug-likeness (QED) is 0.642. The SMILES string of the molecule is OC(O)CCc1c[nH]c2ccccc12. The van der Waals surface area contributed by atoms with Crippen LogP contribution < -0.4 is 0 Å². The summed E-state index contributed by atoms with van der Waals surface area (Å²) in [5, 5.41) is 18.7. The minimum atomic E-state index is -1.22. The summed E-state index contributed by atoms with van der Waals surface area (Å²) in [6.07, 6.45) is 1.76. The second kappa shape index (κ2) is 3.82. The minimum Gasteiger partial charge on any atom is -0.368 e. The van der Waals surface area contributed by atoms with Gasteiger partial charge in [-0.25, -0.2) is 0 Å². The average molecular weight is 191 g/mol. The molecule has 0 fully saturated rings. The number of aromatic amines is 1. The zero-order valence-corrected chi connectivity index (χ0v) is 7.77. The highest BCUT2D eigenvalue weighted by atomic mass is 16.5. The molecule has 0 saturated heterocycles. The number of nitrogens with one attached hydrogen (secondary N) is 1. The molecule has 3 nitrogen and oxygen atoms in total. The van der Waals surface area contributed by atoms with Crippen LogP contribution in [-0.4, -0.2) is 21.5 Å². The summed E-state index contributed by atoms with van der Waals surface area (Å²) >= 11 is 0. The Hall–Kier alpha value is -1.32. The number of aliphatic hydroxyl groups excluding tert-OH is 1. The van der Waals surface area contributed by atoms with Crippen molar-refractivity contribution >= 4 is 10.9 Å². The number of benzene rings is 1. The summed E-state index contributed by atoms with van der Waals surface area (Å²) in [5.74, 6) is 0. The number of para-hydroxylation sites is 1. The average Bonchev–Trinajstić information content (AvgIpc) is 2.58. The molecule has 0 bridgehead atoms. The number of aryl methyl sites for hydroxylation is 1. The maximum absolute atomic E-state index is 8.77. The third-order valence-electron chi connectivity index (χ3n) is 2.35. The van der Waals surface area contributed by atoms with Crippen LogP contribution in [0.4, 0.5) is 0 Å². The number of aromatic nitrogens is 1. The van der Waals surface area contributed by atoms with Crippen molar-refractivity contribution in [3.8, 4) is 0 Å². The number of hydrogen-bond donors (Lipinski definition) is 3. The summed E-state index contributed by atoms with van der Waals surface area (Å²) in [7, 11) is 0. The van der Waals surface area contributed by atoms with E-state index in [0.29, 0.717) is 12.8 Å². The lowest BCUT2D eigenvalue weighted by atomic mass is 10.1. The minimum absolute atomic E-state index is 0.377. The van der Waals surface area contributed by atoms with Gasteiger partial charge in [-0.1, -0.05) is 18.2 Å². The van der Waals surface area contributed by atoms with Gasteiger partial charge in [0.15, 0.2) is 6.29 Å². The van der Waals surface area contributed by atoms with Gasteiger partial charge < -0.3 is 15.2 Å². The normalized spacial score (nSPS) is 11.4. The van der Waals surface area contributed by atoms with Crippen molar-refractivity contribution in [2.75, 3.05) is 0 Å². The zero-order chi connectivity index (χ0) is 9.97. The highest BCUT2D eigenvalue weighted by Crippen LogP contribution is 2.19. The molecule has 0 aliphatic heterocycles. The Morgan fingerprint density at radius 1 is 1.21 bits per heavy atom. The smallest absolute Gasteiger partial charge is 0.151 e. The van der Waals surface area contributed by atoms with Crippen LogP contribution in [0.25, 0.3) is 10.9 Å². The third kappa shape index (κ3) is 1.78. The monoisotopic (exact) mass is 191 g/mol. The summed E-state index contributed by atoms with van der Waals surface area (Å²) < 4.78 is 0. The molecular weight excluding hydrogens is 178 g/mol. The van der Waals surface area contributed by atoms with Gasteiger partial charge in [-0.15, -0.1) is 0 Å². The van der Waals surface area contributed by atoms with E-state index in [4.69, 9.17) is 10.2 Å². The molecule has 1 aromatic carbocycles. The molecule has 0 atom stereocenters. The molecule has 1 heterocycles. The molecule has 0 spiro atoms. The highest BCUT2D eigenvalue weighted by Gasteiger charge is 2.04. The van der Waals surface area contributed by atoms with Crippen molar-refractivity contribution in [3.63, 3.8) is 0 Å². The van der Waals surface area contributed by atoms with E-state index in [0.717, 1.165) is 16.5 Å². The van der Waals surface area contributed by atoms with Crippen LogP contribution in [-0.2, 0) is 6.42 Å². The van der Waals surface area contributed by atoms with Crippen LogP contribution in [0.15, 0.2) is 30.5 Å². The number of fused-ring (bicyclic) bond motifs is 1. The molecule has 0 radical (unpaired) electrons. The van der Waals surface area contributed by atoms with Crippen molar-refractivity contribution in [2.45, 2.75) is 19.1 Å². The number of rotatable bonds is 3. The Balaban J connectivity index is 2.25. The van der Waals surface area contributed by atoms with E-state index in [1.807, 2.05) is 30.5 Å².